The fourth-order valence-electron chi connectivity index (χ4n) is 3.09. The summed E-state index contributed by atoms with van der Waals surface area (Å²) in [5.41, 5.74) is 2.12. The predicted molar refractivity (Wildman–Crippen MR) is 101 cm³/mol. The van der Waals surface area contributed by atoms with Crippen molar-refractivity contribution < 1.29 is 18.0 Å². The van der Waals surface area contributed by atoms with Crippen LogP contribution in [0.2, 0.25) is 0 Å². The van der Waals surface area contributed by atoms with E-state index in [0.717, 1.165) is 13.0 Å². The summed E-state index contributed by atoms with van der Waals surface area (Å²) in [6, 6.07) is 8.28. The van der Waals surface area contributed by atoms with Crippen molar-refractivity contribution in [1.82, 2.24) is 4.98 Å². The highest BCUT2D eigenvalue weighted by Gasteiger charge is 2.49. The molecule has 0 bridgehead atoms. The van der Waals surface area contributed by atoms with E-state index >= 15 is 0 Å². The molecule has 0 saturated heterocycles. The number of benzene rings is 1. The molecule has 0 saturated carbocycles. The number of nitrogens with one attached hydrogen (secondary N) is 1. The Balaban J connectivity index is 1.93. The minimum atomic E-state index is -2.12. The quantitative estimate of drug-likeness (QED) is 0.823. The maximum absolute atomic E-state index is 14.8. The molecule has 0 unspecified atom stereocenters. The van der Waals surface area contributed by atoms with Crippen LogP contribution < -0.4 is 11.1 Å². The highest BCUT2D eigenvalue weighted by atomic mass is 19.2. The van der Waals surface area contributed by atoms with Gasteiger partial charge in [-0.1, -0.05) is 0 Å². The van der Waals surface area contributed by atoms with Crippen molar-refractivity contribution in [1.29, 1.82) is 5.26 Å². The number of rotatable bonds is 3. The van der Waals surface area contributed by atoms with Crippen LogP contribution in [0.25, 0.3) is 0 Å². The van der Waals surface area contributed by atoms with Gasteiger partial charge in [-0.05, 0) is 44.2 Å². The Hall–Kier alpha value is -3.41. The third kappa shape index (κ3) is 3.78. The van der Waals surface area contributed by atoms with Crippen LogP contribution >= 0.6 is 0 Å². The number of anilines is 1. The summed E-state index contributed by atoms with van der Waals surface area (Å²) in [4.78, 5) is 20.1. The van der Waals surface area contributed by atoms with Crippen molar-refractivity contribution in [3.05, 3.63) is 59.2 Å². The van der Waals surface area contributed by atoms with Gasteiger partial charge in [-0.3, -0.25) is 9.79 Å². The Labute approximate surface area is 165 Å². The Bertz CT molecular complexity index is 1030. The van der Waals surface area contributed by atoms with Crippen LogP contribution in [0.1, 0.15) is 41.9 Å². The molecule has 9 heteroatoms. The maximum Gasteiger partial charge on any atom is 0.274 e. The number of hydrogen-bond acceptors (Lipinski definition) is 5. The van der Waals surface area contributed by atoms with Gasteiger partial charge in [-0.15, -0.1) is 0 Å². The summed E-state index contributed by atoms with van der Waals surface area (Å²) in [5.74, 6) is -1.77. The monoisotopic (exact) mass is 401 g/mol. The molecular weight excluding hydrogens is 383 g/mol. The summed E-state index contributed by atoms with van der Waals surface area (Å²) in [6.45, 7) is 2.45. The molecule has 0 aliphatic carbocycles. The highest BCUT2D eigenvalue weighted by Crippen LogP contribution is 2.42. The van der Waals surface area contributed by atoms with Crippen molar-refractivity contribution in [2.45, 2.75) is 37.6 Å². The summed E-state index contributed by atoms with van der Waals surface area (Å²) >= 11 is 0. The predicted octanol–water partition coefficient (Wildman–Crippen LogP) is 3.39. The van der Waals surface area contributed by atoms with E-state index in [-0.39, 0.29) is 16.9 Å². The fourth-order valence-corrected chi connectivity index (χ4v) is 3.09. The van der Waals surface area contributed by atoms with Gasteiger partial charge < -0.3 is 11.1 Å². The second-order valence-electron chi connectivity index (χ2n) is 7.21. The molecule has 1 aromatic carbocycles. The lowest BCUT2D eigenvalue weighted by Gasteiger charge is -2.38. The average molecular weight is 401 g/mol. The molecule has 0 radical (unpaired) electrons. The number of nitrogens with two attached hydrogens (primary N) is 1. The number of nitrogens with zero attached hydrogens (tertiary/aromatic N) is 3. The summed E-state index contributed by atoms with van der Waals surface area (Å²) in [5, 5.41) is 11.3. The van der Waals surface area contributed by atoms with E-state index in [4.69, 9.17) is 11.0 Å². The van der Waals surface area contributed by atoms with E-state index in [0.29, 0.717) is 5.56 Å². The first-order chi connectivity index (χ1) is 13.6. The number of amides is 1. The van der Waals surface area contributed by atoms with Crippen molar-refractivity contribution in [3.63, 3.8) is 0 Å². The normalized spacial score (nSPS) is 26.3. The van der Waals surface area contributed by atoms with E-state index in [2.05, 4.69) is 15.3 Å². The Morgan fingerprint density at radius 2 is 2.07 bits per heavy atom. The fraction of sp³-hybridized carbons (Fsp3) is 0.300. The van der Waals surface area contributed by atoms with Crippen LogP contribution in [-0.2, 0) is 5.54 Å². The molecule has 1 aromatic heterocycles. The largest absolute Gasteiger partial charge is 0.385 e. The number of halogens is 3. The lowest BCUT2D eigenvalue weighted by Crippen LogP contribution is -2.51. The molecule has 1 aliphatic rings. The van der Waals surface area contributed by atoms with Crippen LogP contribution in [-0.4, -0.2) is 28.6 Å². The second kappa shape index (κ2) is 7.20. The Morgan fingerprint density at radius 1 is 1.34 bits per heavy atom. The van der Waals surface area contributed by atoms with E-state index in [9.17, 15) is 18.0 Å². The summed E-state index contributed by atoms with van der Waals surface area (Å²) in [7, 11) is 0. The number of alkyl halides is 2. The van der Waals surface area contributed by atoms with Gasteiger partial charge >= 0.3 is 0 Å². The van der Waals surface area contributed by atoms with Gasteiger partial charge in [-0.25, -0.2) is 18.2 Å². The van der Waals surface area contributed by atoms with E-state index < -0.39 is 41.4 Å². The number of nitriles is 1. The maximum atomic E-state index is 14.8. The molecule has 0 spiro atoms. The van der Waals surface area contributed by atoms with E-state index in [1.807, 2.05) is 6.07 Å². The average Bonchev–Trinajstić information content (AvgIpc) is 2.67. The highest BCUT2D eigenvalue weighted by molar-refractivity contribution is 6.02. The molecule has 2 heterocycles. The lowest BCUT2D eigenvalue weighted by atomic mass is 9.79. The molecule has 3 N–H and O–H groups in total. The summed E-state index contributed by atoms with van der Waals surface area (Å²) in [6.07, 6.45) is -1.15. The first kappa shape index (κ1) is 20.3. The van der Waals surface area contributed by atoms with Crippen molar-refractivity contribution >= 4 is 17.4 Å². The third-order valence-electron chi connectivity index (χ3n) is 4.95. The van der Waals surface area contributed by atoms with Gasteiger partial charge in [0.1, 0.15) is 35.1 Å². The van der Waals surface area contributed by atoms with E-state index in [1.54, 1.807) is 0 Å². The number of carbonyl (C=O) groups excluding carboxylic acids is 1. The summed E-state index contributed by atoms with van der Waals surface area (Å²) < 4.78 is 43.6. The number of carbonyl (C=O) groups is 1. The van der Waals surface area contributed by atoms with Crippen molar-refractivity contribution in [2.24, 2.45) is 10.7 Å². The van der Waals surface area contributed by atoms with E-state index in [1.165, 1.54) is 37.4 Å². The molecule has 3 atom stereocenters. The standard InChI is InChI=1S/C20H18F3N5O/c1-19(23)8-16(22)20(2,28-18(19)25)13-7-12(4-5-14(13)21)27-17(29)15-6-3-11(9-24)10-26-15/h3-7,10,16H,8H2,1-2H3,(H2,25,28)(H,27,29)/t16-,19+,20+/m0/s1. The van der Waals surface area contributed by atoms with Gasteiger partial charge in [0.15, 0.2) is 5.67 Å². The first-order valence-electron chi connectivity index (χ1n) is 8.73. The van der Waals surface area contributed by atoms with Gasteiger partial charge in [-0.2, -0.15) is 5.26 Å². The van der Waals surface area contributed by atoms with Crippen LogP contribution in [0, 0.1) is 17.1 Å². The van der Waals surface area contributed by atoms with Crippen LogP contribution in [0.3, 0.4) is 0 Å². The van der Waals surface area contributed by atoms with Crippen LogP contribution in [0.5, 0.6) is 0 Å². The van der Waals surface area contributed by atoms with Crippen molar-refractivity contribution in [3.8, 4) is 6.07 Å². The number of amidine groups is 1. The lowest BCUT2D eigenvalue weighted by molar-refractivity contribution is 0.102. The smallest absolute Gasteiger partial charge is 0.274 e. The number of pyridine rings is 1. The molecule has 0 fully saturated rings. The minimum absolute atomic E-state index is 0.0394. The third-order valence-corrected chi connectivity index (χ3v) is 4.95. The topological polar surface area (TPSA) is 104 Å². The molecule has 2 aromatic rings. The van der Waals surface area contributed by atoms with Gasteiger partial charge in [0.05, 0.1) is 5.56 Å². The number of aromatic nitrogens is 1. The number of hydrogen-bond donors (Lipinski definition) is 2. The SMILES string of the molecule is C[C@@]1(F)C[C@H](F)[C@@](C)(c2cc(NC(=O)c3ccc(C#N)cn3)ccc2F)N=C1N. The van der Waals surface area contributed by atoms with Crippen LogP contribution in [0.4, 0.5) is 18.9 Å². The Kier molecular flexibility index (Phi) is 5.05. The van der Waals surface area contributed by atoms with Gasteiger partial charge in [0.25, 0.3) is 5.91 Å². The number of aliphatic imine (C=N–C) groups is 1. The molecule has 3 rings (SSSR count). The minimum Gasteiger partial charge on any atom is -0.385 e. The Morgan fingerprint density at radius 3 is 2.69 bits per heavy atom. The van der Waals surface area contributed by atoms with Crippen LogP contribution in [0.15, 0.2) is 41.5 Å². The molecule has 6 nitrogen and oxygen atoms in total. The molecule has 1 amide bonds. The van der Waals surface area contributed by atoms with Crippen molar-refractivity contribution in [2.75, 3.05) is 5.32 Å². The molecular formula is C20H18F3N5O. The van der Waals surface area contributed by atoms with Gasteiger partial charge in [0.2, 0.25) is 0 Å². The molecule has 1 aliphatic heterocycles. The first-order valence-corrected chi connectivity index (χ1v) is 8.73. The molecule has 150 valence electrons. The molecule has 29 heavy (non-hydrogen) atoms. The zero-order chi connectivity index (χ0) is 21.4. The zero-order valence-electron chi connectivity index (χ0n) is 15.7. The van der Waals surface area contributed by atoms with Gasteiger partial charge in [0, 0.05) is 23.9 Å². The zero-order valence-corrected chi connectivity index (χ0v) is 15.7. The second-order valence-corrected chi connectivity index (χ2v) is 7.21.